The number of benzene rings is 1. The quantitative estimate of drug-likeness (QED) is 0.801. The largest absolute Gasteiger partial charge is 0.497 e. The number of methoxy groups -OCH3 is 1. The first kappa shape index (κ1) is 12.5. The maximum absolute atomic E-state index is 11.8. The van der Waals surface area contributed by atoms with Crippen molar-refractivity contribution in [2.24, 2.45) is 0 Å². The van der Waals surface area contributed by atoms with Crippen LogP contribution in [0, 0.1) is 0 Å². The summed E-state index contributed by atoms with van der Waals surface area (Å²) in [5, 5.41) is 0. The summed E-state index contributed by atoms with van der Waals surface area (Å²) < 4.78 is 10.6. The molecule has 1 amide bonds. The average molecular weight is 247 g/mol. The van der Waals surface area contributed by atoms with Gasteiger partial charge >= 0.3 is 0 Å². The van der Waals surface area contributed by atoms with Gasteiger partial charge in [-0.1, -0.05) is 6.92 Å². The molecule has 0 aliphatic carbocycles. The lowest BCUT2D eigenvalue weighted by Crippen LogP contribution is -2.25. The Morgan fingerprint density at radius 3 is 2.61 bits per heavy atom. The van der Waals surface area contributed by atoms with Gasteiger partial charge in [0.2, 0.25) is 0 Å². The van der Waals surface area contributed by atoms with Crippen molar-refractivity contribution in [2.75, 3.05) is 25.2 Å². The van der Waals surface area contributed by atoms with Gasteiger partial charge < -0.3 is 14.4 Å². The molecule has 0 saturated carbocycles. The van der Waals surface area contributed by atoms with Crippen LogP contribution in [-0.2, 0) is 9.53 Å². The van der Waals surface area contributed by atoms with E-state index in [0.717, 1.165) is 23.6 Å². The van der Waals surface area contributed by atoms with Crippen LogP contribution in [-0.4, -0.2) is 26.2 Å². The van der Waals surface area contributed by atoms with Gasteiger partial charge in [0, 0.05) is 11.8 Å². The first-order valence-electron chi connectivity index (χ1n) is 6.03. The Kier molecular flexibility index (Phi) is 3.87. The lowest BCUT2D eigenvalue weighted by atomic mass is 10.3. The maximum atomic E-state index is 11.8. The van der Waals surface area contributed by atoms with Gasteiger partial charge in [-0.15, -0.1) is 0 Å². The predicted octanol–water partition coefficient (Wildman–Crippen LogP) is 2.35. The van der Waals surface area contributed by atoms with Gasteiger partial charge in [-0.25, -0.2) is 0 Å². The molecule has 18 heavy (non-hydrogen) atoms. The topological polar surface area (TPSA) is 38.8 Å². The number of rotatable bonds is 5. The van der Waals surface area contributed by atoms with Gasteiger partial charge in [-0.2, -0.15) is 0 Å². The summed E-state index contributed by atoms with van der Waals surface area (Å²) in [6.45, 7) is 3.19. The lowest BCUT2D eigenvalue weighted by molar-refractivity contribution is -0.113. The van der Waals surface area contributed by atoms with Crippen molar-refractivity contribution < 1.29 is 14.3 Å². The molecule has 0 bridgehead atoms. The SMILES string of the molecule is CCCOC1=CC(=O)N(c2ccc(OC)cc2)C1. The Morgan fingerprint density at radius 2 is 2.00 bits per heavy atom. The first-order valence-corrected chi connectivity index (χ1v) is 6.03. The molecule has 4 heteroatoms. The molecule has 0 fully saturated rings. The van der Waals surface area contributed by atoms with Gasteiger partial charge in [0.1, 0.15) is 11.5 Å². The third-order valence-electron chi connectivity index (χ3n) is 2.74. The molecule has 0 spiro atoms. The van der Waals surface area contributed by atoms with Crippen molar-refractivity contribution in [3.63, 3.8) is 0 Å². The van der Waals surface area contributed by atoms with E-state index < -0.39 is 0 Å². The van der Waals surface area contributed by atoms with Crippen LogP contribution >= 0.6 is 0 Å². The van der Waals surface area contributed by atoms with Crippen LogP contribution in [0.2, 0.25) is 0 Å². The standard InChI is InChI=1S/C14H17NO3/c1-3-8-18-13-9-14(16)15(10-13)11-4-6-12(17-2)7-5-11/h4-7,9H,3,8,10H2,1-2H3. The number of anilines is 1. The fraction of sp³-hybridized carbons (Fsp3) is 0.357. The van der Waals surface area contributed by atoms with E-state index in [1.807, 2.05) is 31.2 Å². The molecule has 1 aromatic rings. The molecule has 0 saturated heterocycles. The molecule has 0 aromatic heterocycles. The molecule has 96 valence electrons. The van der Waals surface area contributed by atoms with Gasteiger partial charge in [0.25, 0.3) is 5.91 Å². The number of carbonyl (C=O) groups is 1. The minimum atomic E-state index is -0.0359. The number of hydrogen-bond donors (Lipinski definition) is 0. The van der Waals surface area contributed by atoms with Crippen molar-refractivity contribution >= 4 is 11.6 Å². The summed E-state index contributed by atoms with van der Waals surface area (Å²) >= 11 is 0. The van der Waals surface area contributed by atoms with Crippen LogP contribution in [0.3, 0.4) is 0 Å². The minimum absolute atomic E-state index is 0.0359. The first-order chi connectivity index (χ1) is 8.74. The highest BCUT2D eigenvalue weighted by Crippen LogP contribution is 2.24. The molecule has 0 unspecified atom stereocenters. The fourth-order valence-corrected chi connectivity index (χ4v) is 1.80. The van der Waals surface area contributed by atoms with E-state index in [9.17, 15) is 4.79 Å². The Labute approximate surface area is 107 Å². The third kappa shape index (κ3) is 2.64. The van der Waals surface area contributed by atoms with E-state index in [0.29, 0.717) is 13.2 Å². The molecule has 1 aliphatic heterocycles. The zero-order chi connectivity index (χ0) is 13.0. The monoisotopic (exact) mass is 247 g/mol. The van der Waals surface area contributed by atoms with Crippen molar-refractivity contribution in [3.05, 3.63) is 36.1 Å². The van der Waals surface area contributed by atoms with Crippen LogP contribution in [0.4, 0.5) is 5.69 Å². The zero-order valence-corrected chi connectivity index (χ0v) is 10.7. The van der Waals surface area contributed by atoms with Crippen molar-refractivity contribution in [3.8, 4) is 5.75 Å². The maximum Gasteiger partial charge on any atom is 0.254 e. The van der Waals surface area contributed by atoms with Crippen molar-refractivity contribution in [1.29, 1.82) is 0 Å². The molecule has 1 aromatic carbocycles. The zero-order valence-electron chi connectivity index (χ0n) is 10.7. The van der Waals surface area contributed by atoms with Crippen LogP contribution < -0.4 is 9.64 Å². The highest BCUT2D eigenvalue weighted by atomic mass is 16.5. The Hall–Kier alpha value is -1.97. The number of hydrogen-bond acceptors (Lipinski definition) is 3. The molecule has 1 heterocycles. The van der Waals surface area contributed by atoms with E-state index in [2.05, 4.69) is 0 Å². The predicted molar refractivity (Wildman–Crippen MR) is 69.7 cm³/mol. The Balaban J connectivity index is 2.04. The van der Waals surface area contributed by atoms with Crippen LogP contribution in [0.1, 0.15) is 13.3 Å². The van der Waals surface area contributed by atoms with E-state index in [4.69, 9.17) is 9.47 Å². The minimum Gasteiger partial charge on any atom is -0.497 e. The van der Waals surface area contributed by atoms with Crippen LogP contribution in [0.15, 0.2) is 36.1 Å². The second-order valence-corrected chi connectivity index (χ2v) is 4.08. The van der Waals surface area contributed by atoms with E-state index in [-0.39, 0.29) is 5.91 Å². The second kappa shape index (κ2) is 5.58. The molecule has 4 nitrogen and oxygen atoms in total. The summed E-state index contributed by atoms with van der Waals surface area (Å²) in [6.07, 6.45) is 2.49. The summed E-state index contributed by atoms with van der Waals surface area (Å²) in [5.74, 6) is 1.48. The van der Waals surface area contributed by atoms with E-state index >= 15 is 0 Å². The van der Waals surface area contributed by atoms with Gasteiger partial charge in [-0.3, -0.25) is 4.79 Å². The number of nitrogens with zero attached hydrogens (tertiary/aromatic N) is 1. The third-order valence-corrected chi connectivity index (χ3v) is 2.74. The number of carbonyl (C=O) groups excluding carboxylic acids is 1. The number of ether oxygens (including phenoxy) is 2. The summed E-state index contributed by atoms with van der Waals surface area (Å²) in [5.41, 5.74) is 0.854. The Bertz CT molecular complexity index is 451. The molecular formula is C14H17NO3. The van der Waals surface area contributed by atoms with Crippen LogP contribution in [0.25, 0.3) is 0 Å². The second-order valence-electron chi connectivity index (χ2n) is 4.08. The van der Waals surface area contributed by atoms with E-state index in [1.54, 1.807) is 18.1 Å². The summed E-state index contributed by atoms with van der Waals surface area (Å²) in [4.78, 5) is 13.5. The van der Waals surface area contributed by atoms with Crippen molar-refractivity contribution in [1.82, 2.24) is 0 Å². The molecule has 1 aliphatic rings. The molecule has 0 radical (unpaired) electrons. The highest BCUT2D eigenvalue weighted by molar-refractivity contribution is 6.04. The molecular weight excluding hydrogens is 230 g/mol. The average Bonchev–Trinajstić information content (AvgIpc) is 2.78. The van der Waals surface area contributed by atoms with Crippen LogP contribution in [0.5, 0.6) is 5.75 Å². The fourth-order valence-electron chi connectivity index (χ4n) is 1.80. The smallest absolute Gasteiger partial charge is 0.254 e. The van der Waals surface area contributed by atoms with E-state index in [1.165, 1.54) is 0 Å². The summed E-state index contributed by atoms with van der Waals surface area (Å²) in [7, 11) is 1.62. The molecule has 2 rings (SSSR count). The normalized spacial score (nSPS) is 14.7. The molecule has 0 N–H and O–H groups in total. The van der Waals surface area contributed by atoms with Gasteiger partial charge in [0.05, 0.1) is 20.3 Å². The summed E-state index contributed by atoms with van der Waals surface area (Å²) in [6, 6.07) is 7.42. The lowest BCUT2D eigenvalue weighted by Gasteiger charge is -2.17. The molecule has 0 atom stereocenters. The Morgan fingerprint density at radius 1 is 1.28 bits per heavy atom. The van der Waals surface area contributed by atoms with Crippen molar-refractivity contribution in [2.45, 2.75) is 13.3 Å². The van der Waals surface area contributed by atoms with Gasteiger partial charge in [-0.05, 0) is 30.7 Å². The highest BCUT2D eigenvalue weighted by Gasteiger charge is 2.23. The number of amides is 1. The van der Waals surface area contributed by atoms with Gasteiger partial charge in [0.15, 0.2) is 0 Å².